The third-order valence-electron chi connectivity index (χ3n) is 2.74. The van der Waals surface area contributed by atoms with E-state index >= 15 is 0 Å². The number of nitrogens with one attached hydrogen (secondary N) is 1. The molecular weight excluding hydrogens is 334 g/mol. The van der Waals surface area contributed by atoms with Crippen molar-refractivity contribution in [2.75, 3.05) is 6.54 Å². The molecule has 0 aliphatic rings. The van der Waals surface area contributed by atoms with Crippen molar-refractivity contribution in [1.82, 2.24) is 4.72 Å². The monoisotopic (exact) mass is 349 g/mol. The average molecular weight is 350 g/mol. The van der Waals surface area contributed by atoms with E-state index in [4.69, 9.17) is 5.11 Å². The number of carboxylic acid groups (broad SMARTS) is 1. The van der Waals surface area contributed by atoms with Crippen LogP contribution in [0.2, 0.25) is 0 Å². The Hall–Kier alpha value is -0.920. The molecule has 0 amide bonds. The van der Waals surface area contributed by atoms with Crippen LogP contribution in [0.4, 0.5) is 0 Å². The van der Waals surface area contributed by atoms with E-state index in [1.165, 1.54) is 6.07 Å². The molecule has 0 spiro atoms. The van der Waals surface area contributed by atoms with E-state index in [0.29, 0.717) is 10.9 Å². The first-order valence-corrected chi connectivity index (χ1v) is 8.04. The fourth-order valence-corrected chi connectivity index (χ4v) is 3.79. The van der Waals surface area contributed by atoms with Crippen molar-refractivity contribution in [2.45, 2.75) is 25.2 Å². The van der Waals surface area contributed by atoms with Gasteiger partial charge in [0.25, 0.3) is 0 Å². The summed E-state index contributed by atoms with van der Waals surface area (Å²) in [6.45, 7) is 3.44. The minimum atomic E-state index is -3.71. The summed E-state index contributed by atoms with van der Waals surface area (Å²) in [5.41, 5.74) is 0.933. The molecule has 1 rings (SSSR count). The SMILES string of the molecule is CCC(CNS(=O)(=O)c1ccc(C)cc1Br)C(=O)O. The van der Waals surface area contributed by atoms with Gasteiger partial charge in [-0.2, -0.15) is 0 Å². The van der Waals surface area contributed by atoms with E-state index in [1.54, 1.807) is 19.1 Å². The summed E-state index contributed by atoms with van der Waals surface area (Å²) in [6, 6.07) is 4.88. The number of rotatable bonds is 6. The Kier molecular flexibility index (Phi) is 5.51. The van der Waals surface area contributed by atoms with E-state index in [1.807, 2.05) is 6.92 Å². The first-order chi connectivity index (χ1) is 8.77. The molecule has 0 aromatic heterocycles. The normalized spacial score (nSPS) is 13.2. The largest absolute Gasteiger partial charge is 0.481 e. The van der Waals surface area contributed by atoms with Gasteiger partial charge in [0.15, 0.2) is 0 Å². The first-order valence-electron chi connectivity index (χ1n) is 5.76. The maximum absolute atomic E-state index is 12.1. The molecule has 5 nitrogen and oxygen atoms in total. The lowest BCUT2D eigenvalue weighted by molar-refractivity contribution is -0.141. The molecule has 19 heavy (non-hydrogen) atoms. The van der Waals surface area contributed by atoms with Gasteiger partial charge in [-0.15, -0.1) is 0 Å². The molecule has 1 atom stereocenters. The number of benzene rings is 1. The molecule has 106 valence electrons. The van der Waals surface area contributed by atoms with Crippen LogP contribution in [-0.4, -0.2) is 26.0 Å². The number of carbonyl (C=O) groups is 1. The number of halogens is 1. The summed E-state index contributed by atoms with van der Waals surface area (Å²) in [5, 5.41) is 8.89. The molecule has 1 aromatic rings. The minimum absolute atomic E-state index is 0.110. The van der Waals surface area contributed by atoms with Crippen molar-refractivity contribution >= 4 is 31.9 Å². The van der Waals surface area contributed by atoms with Crippen LogP contribution in [0.15, 0.2) is 27.6 Å². The molecule has 0 saturated heterocycles. The van der Waals surface area contributed by atoms with E-state index in [-0.39, 0.29) is 11.4 Å². The smallest absolute Gasteiger partial charge is 0.307 e. The Morgan fingerprint density at radius 2 is 2.11 bits per heavy atom. The summed E-state index contributed by atoms with van der Waals surface area (Å²) in [4.78, 5) is 11.0. The quantitative estimate of drug-likeness (QED) is 0.824. The zero-order valence-corrected chi connectivity index (χ0v) is 13.1. The van der Waals surface area contributed by atoms with Crippen LogP contribution in [0, 0.1) is 12.8 Å². The number of aliphatic carboxylic acids is 1. The Labute approximate surface area is 121 Å². The van der Waals surface area contributed by atoms with Crippen LogP contribution >= 0.6 is 15.9 Å². The predicted molar refractivity (Wildman–Crippen MR) is 75.5 cm³/mol. The highest BCUT2D eigenvalue weighted by atomic mass is 79.9. The zero-order valence-electron chi connectivity index (χ0n) is 10.7. The van der Waals surface area contributed by atoms with Gasteiger partial charge >= 0.3 is 5.97 Å². The molecule has 7 heteroatoms. The Morgan fingerprint density at radius 1 is 1.47 bits per heavy atom. The Bertz CT molecular complexity index is 571. The summed E-state index contributed by atoms with van der Waals surface area (Å²) < 4.78 is 26.9. The van der Waals surface area contributed by atoms with Crippen molar-refractivity contribution in [1.29, 1.82) is 0 Å². The van der Waals surface area contributed by atoms with Crippen LogP contribution in [0.5, 0.6) is 0 Å². The van der Waals surface area contributed by atoms with Crippen LogP contribution < -0.4 is 4.72 Å². The molecule has 0 fully saturated rings. The lowest BCUT2D eigenvalue weighted by atomic mass is 10.1. The third kappa shape index (κ3) is 4.29. The second kappa shape index (κ2) is 6.49. The Balaban J connectivity index is 2.90. The molecule has 2 N–H and O–H groups in total. The average Bonchev–Trinajstić information content (AvgIpc) is 2.28. The van der Waals surface area contributed by atoms with Gasteiger partial charge in [-0.25, -0.2) is 13.1 Å². The van der Waals surface area contributed by atoms with Crippen molar-refractivity contribution in [2.24, 2.45) is 5.92 Å². The summed E-state index contributed by atoms with van der Waals surface area (Å²) in [6.07, 6.45) is 0.368. The number of sulfonamides is 1. The van der Waals surface area contributed by atoms with Gasteiger partial charge in [0.1, 0.15) is 0 Å². The van der Waals surface area contributed by atoms with E-state index in [9.17, 15) is 13.2 Å². The van der Waals surface area contributed by atoms with Crippen molar-refractivity contribution in [3.63, 3.8) is 0 Å². The molecule has 1 aromatic carbocycles. The molecule has 0 aliphatic carbocycles. The molecular formula is C12H16BrNO4S. The number of hydrogen-bond acceptors (Lipinski definition) is 3. The van der Waals surface area contributed by atoms with Gasteiger partial charge < -0.3 is 5.11 Å². The summed E-state index contributed by atoms with van der Waals surface area (Å²) in [7, 11) is -3.71. The Morgan fingerprint density at radius 3 is 2.58 bits per heavy atom. The van der Waals surface area contributed by atoms with Crippen LogP contribution in [0.3, 0.4) is 0 Å². The van der Waals surface area contributed by atoms with Crippen LogP contribution in [0.1, 0.15) is 18.9 Å². The topological polar surface area (TPSA) is 83.5 Å². The highest BCUT2D eigenvalue weighted by Crippen LogP contribution is 2.23. The number of hydrogen-bond donors (Lipinski definition) is 2. The van der Waals surface area contributed by atoms with E-state index in [0.717, 1.165) is 5.56 Å². The van der Waals surface area contributed by atoms with E-state index < -0.39 is 21.9 Å². The van der Waals surface area contributed by atoms with Crippen LogP contribution in [-0.2, 0) is 14.8 Å². The second-order valence-electron chi connectivity index (χ2n) is 4.23. The maximum Gasteiger partial charge on any atom is 0.307 e. The third-order valence-corrected chi connectivity index (χ3v) is 5.14. The van der Waals surface area contributed by atoms with Crippen molar-refractivity contribution in [3.05, 3.63) is 28.2 Å². The highest BCUT2D eigenvalue weighted by molar-refractivity contribution is 9.10. The molecule has 0 aliphatic heterocycles. The summed E-state index contributed by atoms with van der Waals surface area (Å²) in [5.74, 6) is -1.73. The predicted octanol–water partition coefficient (Wildman–Crippen LogP) is 2.15. The van der Waals surface area contributed by atoms with Gasteiger partial charge in [0.2, 0.25) is 10.0 Å². The first kappa shape index (κ1) is 16.1. The fraction of sp³-hybridized carbons (Fsp3) is 0.417. The van der Waals surface area contributed by atoms with Gasteiger partial charge in [-0.05, 0) is 47.0 Å². The molecule has 0 heterocycles. The second-order valence-corrected chi connectivity index (χ2v) is 6.82. The number of carboxylic acids is 1. The zero-order chi connectivity index (χ0) is 14.6. The van der Waals surface area contributed by atoms with Gasteiger partial charge in [0.05, 0.1) is 10.8 Å². The maximum atomic E-state index is 12.1. The van der Waals surface area contributed by atoms with Crippen molar-refractivity contribution in [3.8, 4) is 0 Å². The van der Waals surface area contributed by atoms with Gasteiger partial charge in [-0.1, -0.05) is 13.0 Å². The van der Waals surface area contributed by atoms with E-state index in [2.05, 4.69) is 20.7 Å². The minimum Gasteiger partial charge on any atom is -0.481 e. The van der Waals surface area contributed by atoms with Crippen molar-refractivity contribution < 1.29 is 18.3 Å². The molecule has 1 unspecified atom stereocenters. The molecule has 0 bridgehead atoms. The number of aryl methyl sites for hydroxylation is 1. The lowest BCUT2D eigenvalue weighted by Gasteiger charge is -2.12. The molecule has 0 saturated carbocycles. The standard InChI is InChI=1S/C12H16BrNO4S/c1-3-9(12(15)16)7-14-19(17,18)11-5-4-8(2)6-10(11)13/h4-6,9,14H,3,7H2,1-2H3,(H,15,16). The fourth-order valence-electron chi connectivity index (χ4n) is 1.52. The van der Waals surface area contributed by atoms with Gasteiger partial charge in [-0.3, -0.25) is 4.79 Å². The van der Waals surface area contributed by atoms with Crippen LogP contribution in [0.25, 0.3) is 0 Å². The lowest BCUT2D eigenvalue weighted by Crippen LogP contribution is -2.32. The molecule has 0 radical (unpaired) electrons. The summed E-state index contributed by atoms with van der Waals surface area (Å²) >= 11 is 3.20. The highest BCUT2D eigenvalue weighted by Gasteiger charge is 2.21. The van der Waals surface area contributed by atoms with Gasteiger partial charge in [0, 0.05) is 11.0 Å².